The lowest BCUT2D eigenvalue weighted by molar-refractivity contribution is -0.130. The summed E-state index contributed by atoms with van der Waals surface area (Å²) >= 11 is 7.70. The Morgan fingerprint density at radius 2 is 2.00 bits per heavy atom. The number of nitrogens with zero attached hydrogens (tertiary/aromatic N) is 3. The Kier molecular flexibility index (Phi) is 6.17. The van der Waals surface area contributed by atoms with Crippen molar-refractivity contribution in [3.05, 3.63) is 53.6 Å². The Morgan fingerprint density at radius 1 is 1.18 bits per heavy atom. The van der Waals surface area contributed by atoms with Crippen LogP contribution in [0.25, 0.3) is 17.1 Å². The molecule has 0 aliphatic carbocycles. The zero-order chi connectivity index (χ0) is 19.3. The molecule has 8 heteroatoms. The molecule has 3 aromatic rings. The molecule has 0 spiro atoms. The fourth-order valence-corrected chi connectivity index (χ4v) is 4.13. The molecule has 1 saturated heterocycles. The van der Waals surface area contributed by atoms with Crippen molar-refractivity contribution in [2.24, 2.45) is 0 Å². The lowest BCUT2D eigenvalue weighted by Gasteiger charge is -2.22. The number of hydrogen-bond acceptors (Lipinski definition) is 6. The molecular formula is C20H20ClN3O3S. The molecule has 0 bridgehead atoms. The van der Waals surface area contributed by atoms with E-state index in [9.17, 15) is 0 Å². The quantitative estimate of drug-likeness (QED) is 0.552. The van der Waals surface area contributed by atoms with E-state index in [0.717, 1.165) is 46.8 Å². The summed E-state index contributed by atoms with van der Waals surface area (Å²) in [5.41, 5.74) is 1.81. The summed E-state index contributed by atoms with van der Waals surface area (Å²) in [6.45, 7) is 1.07. The normalized spacial score (nSPS) is 16.9. The van der Waals surface area contributed by atoms with Crippen LogP contribution >= 0.6 is 23.4 Å². The maximum atomic E-state index is 6.09. The van der Waals surface area contributed by atoms with Gasteiger partial charge in [-0.15, -0.1) is 10.2 Å². The Bertz CT molecular complexity index is 927. The van der Waals surface area contributed by atoms with E-state index in [1.165, 1.54) is 0 Å². The topological polar surface area (TPSA) is 58.4 Å². The Balaban J connectivity index is 1.72. The van der Waals surface area contributed by atoms with Gasteiger partial charge in [0.15, 0.2) is 11.0 Å². The summed E-state index contributed by atoms with van der Waals surface area (Å²) < 4.78 is 18.5. The zero-order valence-electron chi connectivity index (χ0n) is 15.4. The maximum absolute atomic E-state index is 6.09. The minimum atomic E-state index is 0.142. The van der Waals surface area contributed by atoms with Crippen LogP contribution in [0.5, 0.6) is 5.75 Å². The fraction of sp³-hybridized carbons (Fsp3) is 0.300. The average molecular weight is 418 g/mol. The summed E-state index contributed by atoms with van der Waals surface area (Å²) in [5.74, 6) is 2.24. The molecule has 146 valence electrons. The second-order valence-corrected chi connectivity index (χ2v) is 7.66. The number of ether oxygens (including phenoxy) is 3. The average Bonchev–Trinajstić information content (AvgIpc) is 3.17. The van der Waals surface area contributed by atoms with Gasteiger partial charge in [-0.05, 0) is 42.8 Å². The highest BCUT2D eigenvalue weighted by Crippen LogP contribution is 2.34. The molecule has 1 fully saturated rings. The molecule has 28 heavy (non-hydrogen) atoms. The van der Waals surface area contributed by atoms with Gasteiger partial charge in [-0.3, -0.25) is 4.57 Å². The number of aromatic nitrogens is 3. The molecule has 0 amide bonds. The number of benzene rings is 2. The van der Waals surface area contributed by atoms with Gasteiger partial charge in [0.25, 0.3) is 0 Å². The summed E-state index contributed by atoms with van der Waals surface area (Å²) in [5, 5.41) is 10.4. The molecule has 1 aromatic heterocycles. The van der Waals surface area contributed by atoms with Crippen LogP contribution in [0.2, 0.25) is 5.02 Å². The van der Waals surface area contributed by atoms with E-state index >= 15 is 0 Å². The Labute approximate surface area is 172 Å². The SMILES string of the molecule is COc1ccccc1-c1nnc(SCC2CCOCO2)n1-c1ccc(Cl)cc1. The first-order valence-electron chi connectivity index (χ1n) is 8.93. The first-order chi connectivity index (χ1) is 13.8. The molecule has 0 saturated carbocycles. The van der Waals surface area contributed by atoms with Crippen molar-refractivity contribution in [1.29, 1.82) is 0 Å². The van der Waals surface area contributed by atoms with Gasteiger partial charge in [-0.2, -0.15) is 0 Å². The van der Waals surface area contributed by atoms with E-state index in [1.807, 2.05) is 53.1 Å². The van der Waals surface area contributed by atoms with Crippen molar-refractivity contribution in [3.8, 4) is 22.8 Å². The minimum absolute atomic E-state index is 0.142. The Morgan fingerprint density at radius 3 is 2.75 bits per heavy atom. The lowest BCUT2D eigenvalue weighted by atomic mass is 10.2. The van der Waals surface area contributed by atoms with Crippen LogP contribution in [0.3, 0.4) is 0 Å². The minimum Gasteiger partial charge on any atom is -0.496 e. The third-order valence-corrected chi connectivity index (χ3v) is 5.75. The van der Waals surface area contributed by atoms with Crippen LogP contribution in [-0.4, -0.2) is 47.1 Å². The molecule has 0 N–H and O–H groups in total. The van der Waals surface area contributed by atoms with Gasteiger partial charge in [-0.1, -0.05) is 35.5 Å². The van der Waals surface area contributed by atoms with Crippen LogP contribution in [-0.2, 0) is 9.47 Å². The van der Waals surface area contributed by atoms with Crippen molar-refractivity contribution in [2.75, 3.05) is 26.3 Å². The highest BCUT2D eigenvalue weighted by molar-refractivity contribution is 7.99. The van der Waals surface area contributed by atoms with Crippen LogP contribution < -0.4 is 4.74 Å². The van der Waals surface area contributed by atoms with Gasteiger partial charge in [0.1, 0.15) is 12.5 Å². The molecule has 0 radical (unpaired) electrons. The van der Waals surface area contributed by atoms with Gasteiger partial charge in [0.2, 0.25) is 0 Å². The summed E-state index contributed by atoms with van der Waals surface area (Å²) in [7, 11) is 1.65. The summed E-state index contributed by atoms with van der Waals surface area (Å²) in [6, 6.07) is 15.4. The first kappa shape index (κ1) is 19.3. The van der Waals surface area contributed by atoms with Gasteiger partial charge >= 0.3 is 0 Å². The van der Waals surface area contributed by atoms with E-state index in [-0.39, 0.29) is 6.10 Å². The molecule has 6 nitrogen and oxygen atoms in total. The second kappa shape index (κ2) is 8.96. The van der Waals surface area contributed by atoms with E-state index in [2.05, 4.69) is 10.2 Å². The summed E-state index contributed by atoms with van der Waals surface area (Å²) in [6.07, 6.45) is 1.02. The number of hydrogen-bond donors (Lipinski definition) is 0. The van der Waals surface area contributed by atoms with Crippen molar-refractivity contribution in [3.63, 3.8) is 0 Å². The predicted molar refractivity (Wildman–Crippen MR) is 109 cm³/mol. The molecule has 1 unspecified atom stereocenters. The van der Waals surface area contributed by atoms with Crippen molar-refractivity contribution in [2.45, 2.75) is 17.7 Å². The lowest BCUT2D eigenvalue weighted by Crippen LogP contribution is -2.25. The van der Waals surface area contributed by atoms with Crippen LogP contribution in [0, 0.1) is 0 Å². The van der Waals surface area contributed by atoms with Gasteiger partial charge in [0, 0.05) is 16.5 Å². The van der Waals surface area contributed by atoms with Gasteiger partial charge in [0.05, 0.1) is 25.4 Å². The van der Waals surface area contributed by atoms with Crippen LogP contribution in [0.4, 0.5) is 0 Å². The molecule has 2 aromatic carbocycles. The van der Waals surface area contributed by atoms with E-state index in [1.54, 1.807) is 18.9 Å². The number of halogens is 1. The zero-order valence-corrected chi connectivity index (χ0v) is 16.9. The van der Waals surface area contributed by atoms with E-state index in [4.69, 9.17) is 25.8 Å². The maximum Gasteiger partial charge on any atom is 0.196 e. The highest BCUT2D eigenvalue weighted by Gasteiger charge is 2.21. The molecular weight excluding hydrogens is 398 g/mol. The third-order valence-electron chi connectivity index (χ3n) is 4.44. The first-order valence-corrected chi connectivity index (χ1v) is 10.3. The third kappa shape index (κ3) is 4.17. The summed E-state index contributed by atoms with van der Waals surface area (Å²) in [4.78, 5) is 0. The fourth-order valence-electron chi connectivity index (χ4n) is 2.99. The van der Waals surface area contributed by atoms with Crippen molar-refractivity contribution < 1.29 is 14.2 Å². The molecule has 4 rings (SSSR count). The van der Waals surface area contributed by atoms with Crippen molar-refractivity contribution >= 4 is 23.4 Å². The largest absolute Gasteiger partial charge is 0.496 e. The van der Waals surface area contributed by atoms with Gasteiger partial charge in [-0.25, -0.2) is 0 Å². The molecule has 1 aliphatic rings. The molecule has 2 heterocycles. The number of para-hydroxylation sites is 1. The van der Waals surface area contributed by atoms with Crippen LogP contribution in [0.1, 0.15) is 6.42 Å². The smallest absolute Gasteiger partial charge is 0.196 e. The predicted octanol–water partition coefficient (Wildman–Crippen LogP) is 4.45. The number of thioether (sulfide) groups is 1. The second-order valence-electron chi connectivity index (χ2n) is 6.23. The molecule has 1 aliphatic heterocycles. The highest BCUT2D eigenvalue weighted by atomic mass is 35.5. The van der Waals surface area contributed by atoms with Crippen LogP contribution in [0.15, 0.2) is 53.7 Å². The standard InChI is InChI=1S/C20H20ClN3O3S/c1-25-18-5-3-2-4-17(18)19-22-23-20(28-12-16-10-11-26-13-27-16)24(19)15-8-6-14(21)7-9-15/h2-9,16H,10-13H2,1H3. The molecule has 1 atom stereocenters. The number of methoxy groups -OCH3 is 1. The number of rotatable bonds is 6. The monoisotopic (exact) mass is 417 g/mol. The van der Waals surface area contributed by atoms with Gasteiger partial charge < -0.3 is 14.2 Å². The Hall–Kier alpha value is -2.06. The van der Waals surface area contributed by atoms with Crippen molar-refractivity contribution in [1.82, 2.24) is 14.8 Å². The van der Waals surface area contributed by atoms with E-state index < -0.39 is 0 Å². The van der Waals surface area contributed by atoms with E-state index in [0.29, 0.717) is 11.8 Å².